The van der Waals surface area contributed by atoms with Crippen molar-refractivity contribution in [3.63, 3.8) is 0 Å². The SMILES string of the molecule is C.CCCCCCCCOC1C(CCC(C)CC/C=C(\C)CC/C=C(\C)CCCCC)=CC=C(C)C1C. The van der Waals surface area contributed by atoms with Gasteiger partial charge in [0.1, 0.15) is 0 Å². The lowest BCUT2D eigenvalue weighted by molar-refractivity contribution is 0.0453. The first-order chi connectivity index (χ1) is 17.4. The maximum Gasteiger partial charge on any atom is 0.0850 e. The Kier molecular flexibility index (Phi) is 22.2. The van der Waals surface area contributed by atoms with Crippen molar-refractivity contribution < 1.29 is 4.74 Å². The summed E-state index contributed by atoms with van der Waals surface area (Å²) in [5.74, 6) is 1.27. The zero-order chi connectivity index (χ0) is 26.6. The van der Waals surface area contributed by atoms with Crippen molar-refractivity contribution in [2.45, 2.75) is 165 Å². The summed E-state index contributed by atoms with van der Waals surface area (Å²) >= 11 is 0. The van der Waals surface area contributed by atoms with Crippen molar-refractivity contribution in [2.24, 2.45) is 11.8 Å². The van der Waals surface area contributed by atoms with Crippen LogP contribution >= 0.6 is 0 Å². The maximum atomic E-state index is 6.49. The Bertz CT molecular complexity index is 677. The van der Waals surface area contributed by atoms with E-state index in [4.69, 9.17) is 4.74 Å². The van der Waals surface area contributed by atoms with Crippen LogP contribution in [0.4, 0.5) is 0 Å². The molecule has 0 aromatic heterocycles. The normalized spacial score (nSPS) is 19.3. The predicted octanol–water partition coefficient (Wildman–Crippen LogP) is 12.3. The molecule has 0 bridgehead atoms. The Morgan fingerprint density at radius 3 is 2.19 bits per heavy atom. The lowest BCUT2D eigenvalue weighted by atomic mass is 9.83. The zero-order valence-electron chi connectivity index (χ0n) is 25.5. The van der Waals surface area contributed by atoms with Gasteiger partial charge in [0.05, 0.1) is 6.10 Å². The summed E-state index contributed by atoms with van der Waals surface area (Å²) in [6, 6.07) is 0. The summed E-state index contributed by atoms with van der Waals surface area (Å²) in [5, 5.41) is 0. The first kappa shape index (κ1) is 35.9. The molecule has 216 valence electrons. The standard InChI is InChI=1S/C35H62O.CH4/c1-8-10-12-13-14-16-28-36-35-33(7)32(6)25-27-34(35)26-24-31(5)23-18-22-30(4)21-17-20-29(3)19-15-11-9-2;/h20,22,25,27,31,33,35H,8-19,21,23-24,26,28H2,1-7H3;1H4/b29-20+,30-22+;. The largest absolute Gasteiger partial charge is 0.373 e. The molecule has 1 aliphatic rings. The fraction of sp³-hybridized carbons (Fsp3) is 0.778. The van der Waals surface area contributed by atoms with Gasteiger partial charge in [-0.3, -0.25) is 0 Å². The molecule has 1 aliphatic carbocycles. The fourth-order valence-corrected chi connectivity index (χ4v) is 5.19. The highest BCUT2D eigenvalue weighted by Gasteiger charge is 2.26. The molecule has 0 aromatic rings. The molecule has 0 N–H and O–H groups in total. The van der Waals surface area contributed by atoms with E-state index in [0.717, 1.165) is 12.5 Å². The van der Waals surface area contributed by atoms with E-state index >= 15 is 0 Å². The third-order valence-electron chi connectivity index (χ3n) is 8.18. The average molecular weight is 515 g/mol. The van der Waals surface area contributed by atoms with E-state index < -0.39 is 0 Å². The number of hydrogen-bond acceptors (Lipinski definition) is 1. The molecule has 1 heteroatoms. The lowest BCUT2D eigenvalue weighted by Crippen LogP contribution is -2.28. The summed E-state index contributed by atoms with van der Waals surface area (Å²) < 4.78 is 6.49. The predicted molar refractivity (Wildman–Crippen MR) is 169 cm³/mol. The van der Waals surface area contributed by atoms with Gasteiger partial charge in [0.15, 0.2) is 0 Å². The van der Waals surface area contributed by atoms with E-state index in [2.05, 4.69) is 72.8 Å². The second-order valence-corrected chi connectivity index (χ2v) is 11.8. The Balaban J connectivity index is 0.0000130. The van der Waals surface area contributed by atoms with Crippen LogP contribution in [0.3, 0.4) is 0 Å². The summed E-state index contributed by atoms with van der Waals surface area (Å²) in [5.41, 5.74) is 6.13. The van der Waals surface area contributed by atoms with Crippen LogP contribution in [0.15, 0.2) is 46.6 Å². The Morgan fingerprint density at radius 2 is 1.46 bits per heavy atom. The van der Waals surface area contributed by atoms with Crippen LogP contribution in [0, 0.1) is 11.8 Å². The zero-order valence-corrected chi connectivity index (χ0v) is 25.5. The van der Waals surface area contributed by atoms with E-state index in [0.29, 0.717) is 12.0 Å². The molecular weight excluding hydrogens is 448 g/mol. The summed E-state index contributed by atoms with van der Waals surface area (Å²) in [4.78, 5) is 0. The topological polar surface area (TPSA) is 9.23 Å². The molecule has 0 aliphatic heterocycles. The molecule has 0 heterocycles. The molecule has 0 amide bonds. The van der Waals surface area contributed by atoms with Crippen LogP contribution in [-0.2, 0) is 4.74 Å². The molecule has 0 saturated carbocycles. The first-order valence-corrected chi connectivity index (χ1v) is 15.7. The first-order valence-electron chi connectivity index (χ1n) is 15.7. The van der Waals surface area contributed by atoms with Gasteiger partial charge in [-0.25, -0.2) is 0 Å². The lowest BCUT2D eigenvalue weighted by Gasteiger charge is -2.31. The van der Waals surface area contributed by atoms with Crippen molar-refractivity contribution in [2.75, 3.05) is 6.61 Å². The molecular formula is C36H66O. The quantitative estimate of drug-likeness (QED) is 0.109. The molecule has 0 spiro atoms. The molecule has 1 rings (SSSR count). The number of unbranched alkanes of at least 4 members (excludes halogenated alkanes) is 7. The van der Waals surface area contributed by atoms with E-state index in [1.807, 2.05) is 0 Å². The van der Waals surface area contributed by atoms with Crippen LogP contribution in [0.2, 0.25) is 0 Å². The van der Waals surface area contributed by atoms with Gasteiger partial charge in [0.2, 0.25) is 0 Å². The Hall–Kier alpha value is -1.08. The highest BCUT2D eigenvalue weighted by Crippen LogP contribution is 2.32. The number of ether oxygens (including phenoxy) is 1. The third-order valence-corrected chi connectivity index (χ3v) is 8.18. The van der Waals surface area contributed by atoms with E-state index in [1.54, 1.807) is 11.1 Å². The second-order valence-electron chi connectivity index (χ2n) is 11.8. The molecule has 3 unspecified atom stereocenters. The van der Waals surface area contributed by atoms with E-state index in [9.17, 15) is 0 Å². The molecule has 37 heavy (non-hydrogen) atoms. The molecule has 0 radical (unpaired) electrons. The van der Waals surface area contributed by atoms with Crippen molar-refractivity contribution in [3.8, 4) is 0 Å². The van der Waals surface area contributed by atoms with Crippen molar-refractivity contribution in [1.82, 2.24) is 0 Å². The van der Waals surface area contributed by atoms with Gasteiger partial charge >= 0.3 is 0 Å². The van der Waals surface area contributed by atoms with Crippen LogP contribution in [-0.4, -0.2) is 12.7 Å². The Labute approximate surface area is 234 Å². The van der Waals surface area contributed by atoms with Gasteiger partial charge in [0, 0.05) is 12.5 Å². The van der Waals surface area contributed by atoms with Crippen molar-refractivity contribution in [1.29, 1.82) is 0 Å². The van der Waals surface area contributed by atoms with Gasteiger partial charge < -0.3 is 4.74 Å². The second kappa shape index (κ2) is 22.9. The minimum absolute atomic E-state index is 0. The smallest absolute Gasteiger partial charge is 0.0850 e. The minimum atomic E-state index is 0. The number of allylic oxidation sites excluding steroid dienone is 6. The average Bonchev–Trinajstić information content (AvgIpc) is 2.85. The van der Waals surface area contributed by atoms with Crippen molar-refractivity contribution in [3.05, 3.63) is 46.6 Å². The molecule has 1 nitrogen and oxygen atoms in total. The number of hydrogen-bond donors (Lipinski definition) is 0. The highest BCUT2D eigenvalue weighted by molar-refractivity contribution is 5.29. The molecule has 3 atom stereocenters. The fourth-order valence-electron chi connectivity index (χ4n) is 5.19. The van der Waals surface area contributed by atoms with Crippen molar-refractivity contribution >= 4 is 0 Å². The summed E-state index contributed by atoms with van der Waals surface area (Å²) in [6.07, 6.45) is 30.6. The summed E-state index contributed by atoms with van der Waals surface area (Å²) in [7, 11) is 0. The molecule has 0 aromatic carbocycles. The van der Waals surface area contributed by atoms with Gasteiger partial charge in [0.25, 0.3) is 0 Å². The summed E-state index contributed by atoms with van der Waals surface area (Å²) in [6.45, 7) is 17.2. The number of rotatable bonds is 21. The monoisotopic (exact) mass is 515 g/mol. The van der Waals surface area contributed by atoms with E-state index in [1.165, 1.54) is 114 Å². The minimum Gasteiger partial charge on any atom is -0.373 e. The van der Waals surface area contributed by atoms with Gasteiger partial charge in [-0.1, -0.05) is 121 Å². The van der Waals surface area contributed by atoms with Crippen LogP contribution in [0.25, 0.3) is 0 Å². The van der Waals surface area contributed by atoms with Crippen LogP contribution in [0.1, 0.15) is 159 Å². The van der Waals surface area contributed by atoms with Crippen LogP contribution < -0.4 is 0 Å². The van der Waals surface area contributed by atoms with Gasteiger partial charge in [-0.15, -0.1) is 0 Å². The Morgan fingerprint density at radius 1 is 0.838 bits per heavy atom. The van der Waals surface area contributed by atoms with E-state index in [-0.39, 0.29) is 7.43 Å². The maximum absolute atomic E-state index is 6.49. The van der Waals surface area contributed by atoms with Gasteiger partial charge in [-0.05, 0) is 90.0 Å². The highest BCUT2D eigenvalue weighted by atomic mass is 16.5. The van der Waals surface area contributed by atoms with Gasteiger partial charge in [-0.2, -0.15) is 0 Å². The third kappa shape index (κ3) is 17.2. The molecule has 0 saturated heterocycles. The molecule has 0 fully saturated rings. The van der Waals surface area contributed by atoms with Crippen LogP contribution in [0.5, 0.6) is 0 Å².